The average molecular weight is 277 g/mol. The van der Waals surface area contributed by atoms with Gasteiger partial charge in [0.25, 0.3) is 5.91 Å². The highest BCUT2D eigenvalue weighted by atomic mass is 35.5. The highest BCUT2D eigenvalue weighted by molar-refractivity contribution is 7.89. The molecule has 0 fully saturated rings. The van der Waals surface area contributed by atoms with E-state index >= 15 is 0 Å². The van der Waals surface area contributed by atoms with Crippen LogP contribution in [0.5, 0.6) is 0 Å². The van der Waals surface area contributed by atoms with Crippen molar-refractivity contribution in [1.29, 1.82) is 0 Å². The molecule has 0 unspecified atom stereocenters. The first kappa shape index (κ1) is 14.0. The van der Waals surface area contributed by atoms with E-state index in [1.807, 2.05) is 0 Å². The summed E-state index contributed by atoms with van der Waals surface area (Å²) in [4.78, 5) is 11.5. The van der Waals surface area contributed by atoms with Gasteiger partial charge in [0.1, 0.15) is 0 Å². The molecule has 0 saturated carbocycles. The van der Waals surface area contributed by atoms with Gasteiger partial charge in [0.2, 0.25) is 10.0 Å². The number of nitrogens with one attached hydrogen (secondary N) is 1. The van der Waals surface area contributed by atoms with Crippen LogP contribution in [0.1, 0.15) is 22.8 Å². The van der Waals surface area contributed by atoms with Crippen LogP contribution in [0.3, 0.4) is 0 Å². The van der Waals surface area contributed by atoms with Gasteiger partial charge in [-0.3, -0.25) is 4.79 Å². The second-order valence-corrected chi connectivity index (χ2v) is 5.45. The standard InChI is InChI=1S/C10H13ClN2O3S/c1-3-13-10(14)8-4-7(17(12,15)16)5-9(11)6(8)2/h4-5H,3H2,1-2H3,(H,13,14)(H2,12,15,16). The van der Waals surface area contributed by atoms with Crippen LogP contribution in [0.2, 0.25) is 5.02 Å². The Balaban J connectivity index is 3.40. The van der Waals surface area contributed by atoms with Gasteiger partial charge in [-0.1, -0.05) is 11.6 Å². The number of hydrogen-bond donors (Lipinski definition) is 2. The monoisotopic (exact) mass is 276 g/mol. The maximum atomic E-state index is 11.7. The van der Waals surface area contributed by atoms with E-state index in [4.69, 9.17) is 16.7 Å². The summed E-state index contributed by atoms with van der Waals surface area (Å²) in [6.07, 6.45) is 0. The van der Waals surface area contributed by atoms with Crippen LogP contribution < -0.4 is 10.5 Å². The summed E-state index contributed by atoms with van der Waals surface area (Å²) in [6.45, 7) is 3.84. The van der Waals surface area contributed by atoms with Gasteiger partial charge in [-0.05, 0) is 31.5 Å². The van der Waals surface area contributed by atoms with Gasteiger partial charge in [0.15, 0.2) is 0 Å². The Bertz CT molecular complexity index is 555. The number of benzene rings is 1. The van der Waals surface area contributed by atoms with E-state index in [1.165, 1.54) is 12.1 Å². The number of carbonyl (C=O) groups excluding carboxylic acids is 1. The number of sulfonamides is 1. The third kappa shape index (κ3) is 3.18. The molecule has 0 heterocycles. The lowest BCUT2D eigenvalue weighted by Gasteiger charge is -2.09. The lowest BCUT2D eigenvalue weighted by molar-refractivity contribution is 0.0955. The quantitative estimate of drug-likeness (QED) is 0.864. The zero-order chi connectivity index (χ0) is 13.2. The Morgan fingerprint density at radius 2 is 2.06 bits per heavy atom. The molecule has 0 aliphatic rings. The Morgan fingerprint density at radius 3 is 2.53 bits per heavy atom. The maximum absolute atomic E-state index is 11.7. The minimum absolute atomic E-state index is 0.172. The number of nitrogens with two attached hydrogens (primary N) is 1. The molecular formula is C10H13ClN2O3S. The van der Waals surface area contributed by atoms with Crippen LogP contribution in [0, 0.1) is 6.92 Å². The molecule has 7 heteroatoms. The molecule has 0 bridgehead atoms. The van der Waals surface area contributed by atoms with Crippen LogP contribution in [-0.2, 0) is 10.0 Å². The first-order valence-electron chi connectivity index (χ1n) is 4.88. The van der Waals surface area contributed by atoms with Crippen molar-refractivity contribution in [2.75, 3.05) is 6.54 Å². The van der Waals surface area contributed by atoms with Crippen LogP contribution in [0.4, 0.5) is 0 Å². The molecule has 5 nitrogen and oxygen atoms in total. The summed E-state index contributed by atoms with van der Waals surface area (Å²) >= 11 is 5.87. The lowest BCUT2D eigenvalue weighted by Crippen LogP contribution is -2.24. The summed E-state index contributed by atoms with van der Waals surface area (Å²) in [5.41, 5.74) is 0.730. The molecule has 0 aromatic heterocycles. The van der Waals surface area contributed by atoms with Crippen LogP contribution >= 0.6 is 11.6 Å². The molecule has 0 aliphatic carbocycles. The third-order valence-electron chi connectivity index (χ3n) is 2.23. The largest absolute Gasteiger partial charge is 0.352 e. The molecule has 0 saturated heterocycles. The molecule has 94 valence electrons. The third-order valence-corrected chi connectivity index (χ3v) is 3.51. The highest BCUT2D eigenvalue weighted by Crippen LogP contribution is 2.23. The van der Waals surface area contributed by atoms with Gasteiger partial charge in [0.05, 0.1) is 4.90 Å². The predicted octanol–water partition coefficient (Wildman–Crippen LogP) is 1.05. The van der Waals surface area contributed by atoms with Crippen molar-refractivity contribution in [3.63, 3.8) is 0 Å². The maximum Gasteiger partial charge on any atom is 0.251 e. The Hall–Kier alpha value is -1.11. The molecule has 0 radical (unpaired) electrons. The Kier molecular flexibility index (Phi) is 4.13. The lowest BCUT2D eigenvalue weighted by atomic mass is 10.1. The fraction of sp³-hybridized carbons (Fsp3) is 0.300. The fourth-order valence-electron chi connectivity index (χ4n) is 1.31. The van der Waals surface area contributed by atoms with Crippen LogP contribution in [0.25, 0.3) is 0 Å². The number of carbonyl (C=O) groups is 1. The van der Waals surface area contributed by atoms with Crippen molar-refractivity contribution in [3.8, 4) is 0 Å². The van der Waals surface area contributed by atoms with Crippen molar-refractivity contribution in [3.05, 3.63) is 28.3 Å². The van der Waals surface area contributed by atoms with Gasteiger partial charge in [-0.2, -0.15) is 0 Å². The summed E-state index contributed by atoms with van der Waals surface area (Å²) in [6, 6.07) is 2.45. The molecule has 1 aromatic rings. The first-order chi connectivity index (χ1) is 7.77. The molecule has 0 aliphatic heterocycles. The van der Waals surface area contributed by atoms with Crippen molar-refractivity contribution in [2.24, 2.45) is 5.14 Å². The zero-order valence-corrected chi connectivity index (χ0v) is 11.0. The van der Waals surface area contributed by atoms with E-state index in [0.29, 0.717) is 12.1 Å². The second kappa shape index (κ2) is 5.03. The molecule has 1 aromatic carbocycles. The summed E-state index contributed by atoms with van der Waals surface area (Å²) in [5.74, 6) is -0.377. The van der Waals surface area contributed by atoms with Crippen LogP contribution in [0.15, 0.2) is 17.0 Å². The van der Waals surface area contributed by atoms with Crippen molar-refractivity contribution in [2.45, 2.75) is 18.7 Å². The van der Waals surface area contributed by atoms with E-state index in [-0.39, 0.29) is 21.4 Å². The first-order valence-corrected chi connectivity index (χ1v) is 6.81. The van der Waals surface area contributed by atoms with Gasteiger partial charge < -0.3 is 5.32 Å². The van der Waals surface area contributed by atoms with Crippen molar-refractivity contribution < 1.29 is 13.2 Å². The molecule has 1 rings (SSSR count). The normalized spacial score (nSPS) is 11.3. The predicted molar refractivity (Wildman–Crippen MR) is 65.6 cm³/mol. The average Bonchev–Trinajstić information content (AvgIpc) is 2.20. The molecule has 17 heavy (non-hydrogen) atoms. The minimum atomic E-state index is -3.88. The van der Waals surface area contributed by atoms with Gasteiger partial charge in [-0.15, -0.1) is 0 Å². The van der Waals surface area contributed by atoms with Crippen LogP contribution in [-0.4, -0.2) is 20.9 Å². The molecule has 0 atom stereocenters. The van der Waals surface area contributed by atoms with Gasteiger partial charge in [-0.25, -0.2) is 13.6 Å². The minimum Gasteiger partial charge on any atom is -0.352 e. The number of halogens is 1. The van der Waals surface area contributed by atoms with Gasteiger partial charge >= 0.3 is 0 Å². The Morgan fingerprint density at radius 1 is 1.47 bits per heavy atom. The van der Waals surface area contributed by atoms with E-state index < -0.39 is 10.0 Å². The van der Waals surface area contributed by atoms with E-state index in [2.05, 4.69) is 5.32 Å². The molecule has 1 amide bonds. The number of amides is 1. The molecule has 0 spiro atoms. The smallest absolute Gasteiger partial charge is 0.251 e. The van der Waals surface area contributed by atoms with Crippen molar-refractivity contribution in [1.82, 2.24) is 5.32 Å². The fourth-order valence-corrected chi connectivity index (χ4v) is 2.16. The SMILES string of the molecule is CCNC(=O)c1cc(S(N)(=O)=O)cc(Cl)c1C. The van der Waals surface area contributed by atoms with E-state index in [0.717, 1.165) is 0 Å². The number of rotatable bonds is 3. The van der Waals surface area contributed by atoms with Crippen molar-refractivity contribution >= 4 is 27.5 Å². The summed E-state index contributed by atoms with van der Waals surface area (Å²) < 4.78 is 22.4. The molecular weight excluding hydrogens is 264 g/mol. The summed E-state index contributed by atoms with van der Waals surface area (Å²) in [5, 5.41) is 7.77. The zero-order valence-electron chi connectivity index (χ0n) is 9.45. The van der Waals surface area contributed by atoms with E-state index in [1.54, 1.807) is 13.8 Å². The number of primary sulfonamides is 1. The van der Waals surface area contributed by atoms with Gasteiger partial charge in [0, 0.05) is 17.1 Å². The topological polar surface area (TPSA) is 89.3 Å². The molecule has 3 N–H and O–H groups in total. The van der Waals surface area contributed by atoms with E-state index in [9.17, 15) is 13.2 Å². The highest BCUT2D eigenvalue weighted by Gasteiger charge is 2.17. The number of hydrogen-bond acceptors (Lipinski definition) is 3. The Labute approximate surface area is 105 Å². The summed E-state index contributed by atoms with van der Waals surface area (Å²) in [7, 11) is -3.88. The second-order valence-electron chi connectivity index (χ2n) is 3.48.